The summed E-state index contributed by atoms with van der Waals surface area (Å²) in [5.74, 6) is 0.207. The van der Waals surface area contributed by atoms with E-state index in [0.717, 1.165) is 36.2 Å². The molecule has 2 aromatic carbocycles. The van der Waals surface area contributed by atoms with Gasteiger partial charge in [0.2, 0.25) is 11.8 Å². The Labute approximate surface area is 279 Å². The first-order chi connectivity index (χ1) is 20.5. The van der Waals surface area contributed by atoms with E-state index in [1.54, 1.807) is 48.0 Å². The van der Waals surface area contributed by atoms with E-state index >= 15 is 0 Å². The van der Waals surface area contributed by atoms with Crippen molar-refractivity contribution < 1.29 is 19.1 Å². The van der Waals surface area contributed by atoms with E-state index in [0.29, 0.717) is 43.4 Å². The van der Waals surface area contributed by atoms with Crippen LogP contribution < -0.4 is 14.5 Å². The number of fused-ring (bicyclic) bond motifs is 1. The number of halogens is 2. The van der Waals surface area contributed by atoms with Crippen molar-refractivity contribution in [3.05, 3.63) is 83.7 Å². The van der Waals surface area contributed by atoms with Crippen molar-refractivity contribution in [1.29, 1.82) is 0 Å². The fraction of sp³-hybridized carbons (Fsp3) is 0.412. The highest BCUT2D eigenvalue weighted by atomic mass is 35.5. The van der Waals surface area contributed by atoms with Crippen LogP contribution >= 0.6 is 24.8 Å². The van der Waals surface area contributed by atoms with Crippen molar-refractivity contribution >= 4 is 53.9 Å². The Kier molecular flexibility index (Phi) is 13.8. The highest BCUT2D eigenvalue weighted by Gasteiger charge is 2.45. The van der Waals surface area contributed by atoms with Crippen LogP contribution in [0, 0.1) is 12.3 Å². The van der Waals surface area contributed by atoms with Gasteiger partial charge in [0.1, 0.15) is 11.2 Å². The molecule has 244 valence electrons. The first-order valence-corrected chi connectivity index (χ1v) is 14.8. The van der Waals surface area contributed by atoms with Crippen molar-refractivity contribution in [3.63, 3.8) is 0 Å². The minimum atomic E-state index is -1.15. The molecule has 45 heavy (non-hydrogen) atoms. The van der Waals surface area contributed by atoms with E-state index < -0.39 is 5.41 Å². The van der Waals surface area contributed by atoms with Crippen LogP contribution in [0.2, 0.25) is 0 Å². The molecule has 0 unspecified atom stereocenters. The third-order valence-corrected chi connectivity index (χ3v) is 8.05. The Bertz CT molecular complexity index is 1450. The van der Waals surface area contributed by atoms with Gasteiger partial charge >= 0.3 is 0 Å². The van der Waals surface area contributed by atoms with Gasteiger partial charge in [-0.1, -0.05) is 18.2 Å². The first-order valence-electron chi connectivity index (χ1n) is 14.8. The van der Waals surface area contributed by atoms with Gasteiger partial charge in [0.25, 0.3) is 5.91 Å². The van der Waals surface area contributed by atoms with Gasteiger partial charge < -0.3 is 19.4 Å². The number of likely N-dealkylation sites (N-methyl/N-ethyl adjacent to an activating group) is 1. The van der Waals surface area contributed by atoms with Gasteiger partial charge in [-0.2, -0.15) is 0 Å². The number of hydrogen-bond donors (Lipinski definition) is 0. The second-order valence-electron chi connectivity index (χ2n) is 11.6. The fourth-order valence-corrected chi connectivity index (χ4v) is 5.38. The molecule has 1 aliphatic rings. The lowest BCUT2D eigenvalue weighted by molar-refractivity contribution is -0.137. The quantitative estimate of drug-likeness (QED) is 0.185. The lowest BCUT2D eigenvalue weighted by Crippen LogP contribution is -2.47. The molecule has 0 aliphatic carbocycles. The summed E-state index contributed by atoms with van der Waals surface area (Å²) in [7, 11) is 3.55. The van der Waals surface area contributed by atoms with Crippen LogP contribution in [0.25, 0.3) is 0 Å². The van der Waals surface area contributed by atoms with Crippen LogP contribution in [0.15, 0.2) is 67.0 Å². The van der Waals surface area contributed by atoms with Gasteiger partial charge in [0, 0.05) is 70.8 Å². The van der Waals surface area contributed by atoms with E-state index in [9.17, 15) is 14.4 Å². The van der Waals surface area contributed by atoms with Crippen LogP contribution in [0.3, 0.4) is 0 Å². The number of ether oxygens (including phenoxy) is 1. The summed E-state index contributed by atoms with van der Waals surface area (Å²) < 4.78 is 6.14. The molecule has 0 N–H and O–H groups in total. The molecule has 0 saturated heterocycles. The lowest BCUT2D eigenvalue weighted by atomic mass is 9.90. The predicted octanol–water partition coefficient (Wildman–Crippen LogP) is 5.63. The molecule has 1 aliphatic heterocycles. The van der Waals surface area contributed by atoms with E-state index in [-0.39, 0.29) is 42.5 Å². The molecule has 9 nitrogen and oxygen atoms in total. The standard InChI is InChI=1S/C34H43N5O4.2ClH/c1-7-39-29-14-13-27(23-30(29)37(6)32(41)34(3,4)33(39)42)43-22-10-19-38(24-26-15-17-35-18-16-26)21-20-36(5)31(40)28-12-9-8-11-25(28)2;;/h8-9,11-18,23H,7,10,19-22,24H2,1-6H3;2*1H. The van der Waals surface area contributed by atoms with E-state index in [1.807, 2.05) is 75.5 Å². The zero-order valence-corrected chi connectivity index (χ0v) is 28.6. The summed E-state index contributed by atoms with van der Waals surface area (Å²) in [6.45, 7) is 11.0. The smallest absolute Gasteiger partial charge is 0.253 e. The van der Waals surface area contributed by atoms with Gasteiger partial charge in [0.05, 0.1) is 18.0 Å². The van der Waals surface area contributed by atoms with E-state index in [4.69, 9.17) is 4.74 Å². The molecule has 3 amide bonds. The summed E-state index contributed by atoms with van der Waals surface area (Å²) in [6, 6.07) is 17.2. The lowest BCUT2D eigenvalue weighted by Gasteiger charge is -2.27. The second kappa shape index (κ2) is 16.6. The number of rotatable bonds is 12. The minimum Gasteiger partial charge on any atom is -0.493 e. The van der Waals surface area contributed by atoms with Gasteiger partial charge in [0.15, 0.2) is 0 Å². The SMILES string of the molecule is CCN1C(=O)C(C)(C)C(=O)N(C)c2cc(OCCCN(CCN(C)C(=O)c3ccccc3C)Cc3ccncc3)ccc21.Cl.Cl. The number of hydrogen-bond acceptors (Lipinski definition) is 6. The van der Waals surface area contributed by atoms with Gasteiger partial charge in [-0.15, -0.1) is 24.8 Å². The van der Waals surface area contributed by atoms with Crippen molar-refractivity contribution in [2.75, 3.05) is 56.7 Å². The molecule has 0 saturated carbocycles. The minimum absolute atomic E-state index is 0. The van der Waals surface area contributed by atoms with Crippen molar-refractivity contribution in [2.24, 2.45) is 5.41 Å². The van der Waals surface area contributed by atoms with E-state index in [1.165, 1.54) is 0 Å². The summed E-state index contributed by atoms with van der Waals surface area (Å²) >= 11 is 0. The van der Waals surface area contributed by atoms with Crippen LogP contribution in [0.1, 0.15) is 48.7 Å². The first kappa shape index (κ1) is 37.5. The Morgan fingerprint density at radius 2 is 1.62 bits per heavy atom. The largest absolute Gasteiger partial charge is 0.493 e. The second-order valence-corrected chi connectivity index (χ2v) is 11.6. The van der Waals surface area contributed by atoms with Gasteiger partial charge in [-0.3, -0.25) is 24.3 Å². The molecule has 3 aromatic rings. The third kappa shape index (κ3) is 8.75. The maximum absolute atomic E-state index is 13.2. The number of pyridine rings is 1. The highest BCUT2D eigenvalue weighted by molar-refractivity contribution is 6.20. The molecule has 11 heteroatoms. The average Bonchev–Trinajstić information content (AvgIpc) is 3.06. The maximum Gasteiger partial charge on any atom is 0.253 e. The molecule has 0 radical (unpaired) electrons. The molecule has 0 bridgehead atoms. The third-order valence-electron chi connectivity index (χ3n) is 8.05. The summed E-state index contributed by atoms with van der Waals surface area (Å²) in [6.07, 6.45) is 4.34. The van der Waals surface area contributed by atoms with Crippen LogP contribution in [0.5, 0.6) is 5.75 Å². The number of aromatic nitrogens is 1. The number of aryl methyl sites for hydroxylation is 1. The van der Waals surface area contributed by atoms with Crippen molar-refractivity contribution in [1.82, 2.24) is 14.8 Å². The molecular weight excluding hydrogens is 613 g/mol. The zero-order chi connectivity index (χ0) is 31.1. The number of amides is 3. The average molecular weight is 659 g/mol. The Balaban J connectivity index is 0.00000353. The number of anilines is 2. The molecule has 0 atom stereocenters. The summed E-state index contributed by atoms with van der Waals surface area (Å²) in [4.78, 5) is 50.8. The van der Waals surface area contributed by atoms with Crippen molar-refractivity contribution in [2.45, 2.75) is 40.7 Å². The van der Waals surface area contributed by atoms with Gasteiger partial charge in [-0.05, 0) is 75.6 Å². The predicted molar refractivity (Wildman–Crippen MR) is 184 cm³/mol. The molecule has 2 heterocycles. The van der Waals surface area contributed by atoms with Gasteiger partial charge in [-0.25, -0.2) is 0 Å². The zero-order valence-electron chi connectivity index (χ0n) is 27.0. The van der Waals surface area contributed by atoms with Crippen molar-refractivity contribution in [3.8, 4) is 5.75 Å². The fourth-order valence-electron chi connectivity index (χ4n) is 5.38. The molecule has 4 rings (SSSR count). The number of benzene rings is 2. The number of carbonyl (C=O) groups is 3. The topological polar surface area (TPSA) is 86.3 Å². The number of nitrogens with zero attached hydrogens (tertiary/aromatic N) is 5. The normalized spacial score (nSPS) is 13.8. The Hall–Kier alpha value is -3.66. The van der Waals surface area contributed by atoms with Crippen LogP contribution in [0.4, 0.5) is 11.4 Å². The van der Waals surface area contributed by atoms with Crippen LogP contribution in [-0.2, 0) is 16.1 Å². The molecule has 0 spiro atoms. The van der Waals surface area contributed by atoms with Crippen LogP contribution in [-0.4, -0.2) is 79.4 Å². The molecule has 0 fully saturated rings. The van der Waals surface area contributed by atoms with E-state index in [2.05, 4.69) is 9.88 Å². The Morgan fingerprint density at radius 3 is 2.29 bits per heavy atom. The maximum atomic E-state index is 13.2. The Morgan fingerprint density at radius 1 is 0.933 bits per heavy atom. The molecule has 1 aromatic heterocycles. The summed E-state index contributed by atoms with van der Waals surface area (Å²) in [5, 5.41) is 0. The molecular formula is C34H45Cl2N5O4. The number of carbonyl (C=O) groups excluding carboxylic acids is 3. The highest BCUT2D eigenvalue weighted by Crippen LogP contribution is 2.40. The summed E-state index contributed by atoms with van der Waals surface area (Å²) in [5.41, 5.74) is 3.05. The monoisotopic (exact) mass is 657 g/mol.